The first kappa shape index (κ1) is 11.7. The van der Waals surface area contributed by atoms with Gasteiger partial charge in [-0.1, -0.05) is 0 Å². The summed E-state index contributed by atoms with van der Waals surface area (Å²) in [6.45, 7) is 0. The van der Waals surface area contributed by atoms with Gasteiger partial charge in [-0.2, -0.15) is 4.37 Å². The number of halogens is 1. The zero-order valence-electron chi connectivity index (χ0n) is 9.49. The van der Waals surface area contributed by atoms with Crippen LogP contribution in [0, 0.1) is 5.82 Å². The lowest BCUT2D eigenvalue weighted by molar-refractivity contribution is 0.432. The molecule has 3 rings (SSSR count). The number of azo groups is 1. The maximum absolute atomic E-state index is 13.1. The van der Waals surface area contributed by atoms with Crippen LogP contribution in [0.15, 0.2) is 46.8 Å². The summed E-state index contributed by atoms with van der Waals surface area (Å²) in [5, 5.41) is 17.5. The number of hydrogen-bond acceptors (Lipinski definition) is 6. The maximum Gasteiger partial charge on any atom is 0.184 e. The molecule has 0 unspecified atom stereocenters. The van der Waals surface area contributed by atoms with Gasteiger partial charge in [0.15, 0.2) is 16.6 Å². The lowest BCUT2D eigenvalue weighted by Crippen LogP contribution is -1.74. The highest BCUT2D eigenvalue weighted by atomic mass is 32.1. The van der Waals surface area contributed by atoms with E-state index in [1.807, 2.05) is 6.07 Å². The van der Waals surface area contributed by atoms with E-state index in [-0.39, 0.29) is 0 Å². The second-order valence-corrected chi connectivity index (χ2v) is 4.45. The molecule has 0 fully saturated rings. The summed E-state index contributed by atoms with van der Waals surface area (Å²) in [4.78, 5) is 4.17. The van der Waals surface area contributed by atoms with E-state index in [9.17, 15) is 4.39 Å². The van der Waals surface area contributed by atoms with Crippen LogP contribution < -0.4 is 0 Å². The Morgan fingerprint density at radius 2 is 2.11 bits per heavy atom. The Morgan fingerprint density at radius 1 is 1.21 bits per heavy atom. The van der Waals surface area contributed by atoms with Crippen LogP contribution >= 0.6 is 11.5 Å². The van der Waals surface area contributed by atoms with Crippen molar-refractivity contribution in [2.75, 3.05) is 0 Å². The van der Waals surface area contributed by atoms with Crippen LogP contribution in [0.4, 0.5) is 15.1 Å². The van der Waals surface area contributed by atoms with Gasteiger partial charge in [-0.3, -0.25) is 4.98 Å². The fraction of sp³-hybridized carbons (Fsp3) is 0. The van der Waals surface area contributed by atoms with Gasteiger partial charge in [0.05, 0.1) is 5.69 Å². The molecule has 7 heteroatoms. The lowest BCUT2D eigenvalue weighted by atomic mass is 10.3. The fourth-order valence-corrected chi connectivity index (χ4v) is 2.15. The van der Waals surface area contributed by atoms with Crippen LogP contribution in [-0.4, -0.2) is 14.5 Å². The summed E-state index contributed by atoms with van der Waals surface area (Å²) in [7, 11) is 0. The summed E-state index contributed by atoms with van der Waals surface area (Å²) < 4.78 is 17.3. The first-order chi connectivity index (χ1) is 9.24. The van der Waals surface area contributed by atoms with Crippen molar-refractivity contribution in [3.8, 4) is 5.75 Å². The number of phenolic OH excluding ortho intramolecular Hbond substituents is 1. The van der Waals surface area contributed by atoms with Gasteiger partial charge in [-0.25, -0.2) is 4.39 Å². The second kappa shape index (κ2) is 4.69. The van der Waals surface area contributed by atoms with Gasteiger partial charge in [-0.05, 0) is 35.8 Å². The van der Waals surface area contributed by atoms with Crippen molar-refractivity contribution in [2.45, 2.75) is 0 Å². The van der Waals surface area contributed by atoms with Crippen LogP contribution in [0.25, 0.3) is 11.0 Å². The SMILES string of the molecule is Oc1ccc(N=Nc2snc3cccnc23)cc1F. The third-order valence-corrected chi connectivity index (χ3v) is 3.14. The molecule has 1 N–H and O–H groups in total. The number of rotatable bonds is 2. The predicted molar refractivity (Wildman–Crippen MR) is 69.7 cm³/mol. The molecule has 1 aromatic carbocycles. The normalized spacial score (nSPS) is 11.4. The zero-order valence-corrected chi connectivity index (χ0v) is 10.3. The molecule has 19 heavy (non-hydrogen) atoms. The summed E-state index contributed by atoms with van der Waals surface area (Å²) in [5.41, 5.74) is 1.72. The smallest absolute Gasteiger partial charge is 0.184 e. The van der Waals surface area contributed by atoms with Crippen molar-refractivity contribution in [1.29, 1.82) is 0 Å². The Kier molecular flexibility index (Phi) is 2.88. The molecule has 0 aliphatic rings. The second-order valence-electron chi connectivity index (χ2n) is 3.69. The summed E-state index contributed by atoms with van der Waals surface area (Å²) in [5.74, 6) is -1.15. The van der Waals surface area contributed by atoms with Crippen molar-refractivity contribution in [3.63, 3.8) is 0 Å². The number of fused-ring (bicyclic) bond motifs is 1. The van der Waals surface area contributed by atoms with Crippen molar-refractivity contribution >= 4 is 33.3 Å². The third kappa shape index (κ3) is 2.27. The topological polar surface area (TPSA) is 70.7 Å². The zero-order chi connectivity index (χ0) is 13.2. The molecule has 0 spiro atoms. The molecule has 0 saturated carbocycles. The van der Waals surface area contributed by atoms with E-state index in [4.69, 9.17) is 5.11 Å². The first-order valence-electron chi connectivity index (χ1n) is 5.35. The monoisotopic (exact) mass is 274 g/mol. The number of hydrogen-bond donors (Lipinski definition) is 1. The van der Waals surface area contributed by atoms with Crippen LogP contribution in [0.2, 0.25) is 0 Å². The van der Waals surface area contributed by atoms with Gasteiger partial charge in [0.25, 0.3) is 0 Å². The lowest BCUT2D eigenvalue weighted by Gasteiger charge is -1.95. The molecule has 0 aliphatic carbocycles. The molecule has 3 aromatic rings. The minimum absolute atomic E-state index is 0.313. The van der Waals surface area contributed by atoms with E-state index in [0.717, 1.165) is 11.6 Å². The molecular weight excluding hydrogens is 267 g/mol. The summed E-state index contributed by atoms with van der Waals surface area (Å²) in [6.07, 6.45) is 1.65. The van der Waals surface area contributed by atoms with E-state index < -0.39 is 11.6 Å². The first-order valence-corrected chi connectivity index (χ1v) is 6.12. The van der Waals surface area contributed by atoms with Crippen LogP contribution in [0.5, 0.6) is 5.75 Å². The molecule has 5 nitrogen and oxygen atoms in total. The summed E-state index contributed by atoms with van der Waals surface area (Å²) in [6, 6.07) is 7.43. The highest BCUT2D eigenvalue weighted by Gasteiger charge is 2.06. The molecule has 0 aliphatic heterocycles. The maximum atomic E-state index is 13.1. The van der Waals surface area contributed by atoms with E-state index in [1.54, 1.807) is 12.3 Å². The fourth-order valence-electron chi connectivity index (χ4n) is 1.50. The number of nitrogens with zero attached hydrogens (tertiary/aromatic N) is 4. The number of aromatic hydroxyl groups is 1. The number of phenols is 1. The van der Waals surface area contributed by atoms with Gasteiger partial charge in [-0.15, -0.1) is 10.2 Å². The van der Waals surface area contributed by atoms with Gasteiger partial charge in [0.2, 0.25) is 0 Å². The van der Waals surface area contributed by atoms with Crippen molar-refractivity contribution in [2.24, 2.45) is 10.2 Å². The van der Waals surface area contributed by atoms with Crippen LogP contribution in [0.3, 0.4) is 0 Å². The average molecular weight is 274 g/mol. The Bertz CT molecular complexity index is 771. The van der Waals surface area contributed by atoms with Crippen molar-refractivity contribution in [3.05, 3.63) is 42.3 Å². The van der Waals surface area contributed by atoms with E-state index in [0.29, 0.717) is 16.2 Å². The minimum atomic E-state index is -0.733. The Morgan fingerprint density at radius 3 is 2.95 bits per heavy atom. The molecule has 94 valence electrons. The standard InChI is InChI=1S/C12H7FN4OS/c13-8-6-7(3-4-10(8)18)15-16-12-11-9(17-19-12)2-1-5-14-11/h1-6,18H. The number of aromatic nitrogens is 2. The molecule has 2 heterocycles. The molecule has 0 bridgehead atoms. The van der Waals surface area contributed by atoms with E-state index in [1.165, 1.54) is 23.7 Å². The Labute approximate surface area is 111 Å². The number of benzene rings is 1. The van der Waals surface area contributed by atoms with Gasteiger partial charge in [0.1, 0.15) is 11.0 Å². The van der Waals surface area contributed by atoms with Crippen molar-refractivity contribution < 1.29 is 9.50 Å². The molecule has 0 atom stereocenters. The van der Waals surface area contributed by atoms with E-state index >= 15 is 0 Å². The highest BCUT2D eigenvalue weighted by molar-refractivity contribution is 7.11. The van der Waals surface area contributed by atoms with Crippen molar-refractivity contribution in [1.82, 2.24) is 9.36 Å². The van der Waals surface area contributed by atoms with Gasteiger partial charge >= 0.3 is 0 Å². The third-order valence-electron chi connectivity index (χ3n) is 2.41. The Hall–Kier alpha value is -2.41. The molecule has 0 amide bonds. The van der Waals surface area contributed by atoms with Gasteiger partial charge < -0.3 is 5.11 Å². The Balaban J connectivity index is 1.96. The molecular formula is C12H7FN4OS. The molecule has 0 radical (unpaired) electrons. The number of pyridine rings is 1. The van der Waals surface area contributed by atoms with Gasteiger partial charge in [0, 0.05) is 12.3 Å². The predicted octanol–water partition coefficient (Wildman–Crippen LogP) is 3.95. The minimum Gasteiger partial charge on any atom is -0.505 e. The highest BCUT2D eigenvalue weighted by Crippen LogP contribution is 2.30. The quantitative estimate of drug-likeness (QED) is 0.719. The summed E-state index contributed by atoms with van der Waals surface area (Å²) >= 11 is 1.17. The average Bonchev–Trinajstić information content (AvgIpc) is 2.83. The largest absolute Gasteiger partial charge is 0.505 e. The molecule has 0 saturated heterocycles. The molecule has 2 aromatic heterocycles. The van der Waals surface area contributed by atoms with E-state index in [2.05, 4.69) is 19.6 Å². The van der Waals surface area contributed by atoms with Crippen LogP contribution in [0.1, 0.15) is 0 Å². The van der Waals surface area contributed by atoms with Crippen LogP contribution in [-0.2, 0) is 0 Å².